The van der Waals surface area contributed by atoms with Gasteiger partial charge in [0.15, 0.2) is 5.96 Å². The van der Waals surface area contributed by atoms with E-state index in [1.807, 2.05) is 12.1 Å². The summed E-state index contributed by atoms with van der Waals surface area (Å²) in [6.45, 7) is 6.72. The summed E-state index contributed by atoms with van der Waals surface area (Å²) in [6.07, 6.45) is 6.11. The highest BCUT2D eigenvalue weighted by molar-refractivity contribution is 14.0. The van der Waals surface area contributed by atoms with E-state index in [4.69, 9.17) is 9.73 Å². The maximum atomic E-state index is 5.22. The largest absolute Gasteiger partial charge is 0.497 e. The number of guanidine groups is 1. The van der Waals surface area contributed by atoms with Crippen molar-refractivity contribution in [3.8, 4) is 5.75 Å². The third-order valence-corrected chi connectivity index (χ3v) is 4.87. The fourth-order valence-electron chi connectivity index (χ4n) is 3.31. The van der Waals surface area contributed by atoms with E-state index in [0.29, 0.717) is 0 Å². The first-order valence-corrected chi connectivity index (χ1v) is 9.83. The molecule has 2 heterocycles. The molecule has 0 atom stereocenters. The molecule has 0 bridgehead atoms. The van der Waals surface area contributed by atoms with Gasteiger partial charge in [-0.25, -0.2) is 0 Å². The van der Waals surface area contributed by atoms with Crippen LogP contribution < -0.4 is 10.1 Å². The van der Waals surface area contributed by atoms with Gasteiger partial charge in [-0.1, -0.05) is 19.1 Å². The number of halogens is 1. The molecule has 0 spiro atoms. The first-order chi connectivity index (χ1) is 13.3. The standard InChI is InChI=1S/C20H30N6O.HI/c1-3-19-24-23-16-26(19)15-12-22-20(25-13-4-5-14-25)21-11-10-17-6-8-18(27-2)9-7-17;/h6-9,16H,3-5,10-15H2,1-2H3,(H,21,22);1H. The number of rotatable bonds is 8. The molecule has 0 saturated carbocycles. The van der Waals surface area contributed by atoms with Crippen LogP contribution >= 0.6 is 24.0 Å². The molecular weight excluding hydrogens is 467 g/mol. The van der Waals surface area contributed by atoms with Gasteiger partial charge in [0, 0.05) is 39.1 Å². The summed E-state index contributed by atoms with van der Waals surface area (Å²) >= 11 is 0. The van der Waals surface area contributed by atoms with Crippen LogP contribution in [0, 0.1) is 0 Å². The molecule has 0 amide bonds. The van der Waals surface area contributed by atoms with Gasteiger partial charge in [0.1, 0.15) is 17.9 Å². The quantitative estimate of drug-likeness (QED) is 0.345. The number of methoxy groups -OCH3 is 1. The number of hydrogen-bond donors (Lipinski definition) is 1. The Bertz CT molecular complexity index is 725. The molecule has 0 aliphatic carbocycles. The van der Waals surface area contributed by atoms with Crippen LogP contribution in [0.25, 0.3) is 0 Å². The molecule has 1 N–H and O–H groups in total. The van der Waals surface area contributed by atoms with Crippen LogP contribution in [0.1, 0.15) is 31.2 Å². The van der Waals surface area contributed by atoms with Gasteiger partial charge in [0.05, 0.1) is 7.11 Å². The van der Waals surface area contributed by atoms with E-state index in [2.05, 4.69) is 44.0 Å². The Morgan fingerprint density at radius 3 is 2.64 bits per heavy atom. The normalized spacial score (nSPS) is 14.1. The Balaban J connectivity index is 0.00000280. The predicted octanol–water partition coefficient (Wildman–Crippen LogP) is 2.75. The second kappa shape index (κ2) is 11.9. The lowest BCUT2D eigenvalue weighted by atomic mass is 10.1. The van der Waals surface area contributed by atoms with Crippen molar-refractivity contribution in [1.29, 1.82) is 0 Å². The van der Waals surface area contributed by atoms with E-state index in [1.54, 1.807) is 13.4 Å². The van der Waals surface area contributed by atoms with Gasteiger partial charge in [-0.3, -0.25) is 4.99 Å². The van der Waals surface area contributed by atoms with Gasteiger partial charge < -0.3 is 19.5 Å². The van der Waals surface area contributed by atoms with E-state index in [1.165, 1.54) is 18.4 Å². The number of aliphatic imine (C=N–C) groups is 1. The van der Waals surface area contributed by atoms with Crippen LogP contribution in [0.2, 0.25) is 0 Å². The van der Waals surface area contributed by atoms with Crippen LogP contribution in [0.4, 0.5) is 0 Å². The number of nitrogens with one attached hydrogen (secondary N) is 1. The minimum absolute atomic E-state index is 0. The highest BCUT2D eigenvalue weighted by atomic mass is 127. The van der Waals surface area contributed by atoms with Gasteiger partial charge in [-0.15, -0.1) is 34.2 Å². The minimum atomic E-state index is 0. The molecule has 28 heavy (non-hydrogen) atoms. The molecule has 1 aromatic heterocycles. The van der Waals surface area contributed by atoms with Crippen molar-refractivity contribution in [2.45, 2.75) is 39.2 Å². The molecule has 1 saturated heterocycles. The monoisotopic (exact) mass is 498 g/mol. The molecule has 1 fully saturated rings. The van der Waals surface area contributed by atoms with Crippen LogP contribution in [-0.4, -0.2) is 58.9 Å². The van der Waals surface area contributed by atoms with Gasteiger partial charge in [0.25, 0.3) is 0 Å². The molecule has 154 valence electrons. The zero-order valence-electron chi connectivity index (χ0n) is 16.8. The molecule has 7 nitrogen and oxygen atoms in total. The first-order valence-electron chi connectivity index (χ1n) is 9.83. The van der Waals surface area contributed by atoms with Crippen LogP contribution in [-0.2, 0) is 19.4 Å². The summed E-state index contributed by atoms with van der Waals surface area (Å²) in [5, 5.41) is 11.7. The molecule has 8 heteroatoms. The molecule has 1 aliphatic heterocycles. The van der Waals surface area contributed by atoms with Crippen molar-refractivity contribution in [3.63, 3.8) is 0 Å². The van der Waals surface area contributed by atoms with Gasteiger partial charge in [0.2, 0.25) is 0 Å². The zero-order chi connectivity index (χ0) is 18.9. The summed E-state index contributed by atoms with van der Waals surface area (Å²) < 4.78 is 7.32. The third-order valence-electron chi connectivity index (χ3n) is 4.87. The van der Waals surface area contributed by atoms with Crippen molar-refractivity contribution >= 4 is 29.9 Å². The van der Waals surface area contributed by atoms with Gasteiger partial charge in [-0.05, 0) is 37.0 Å². The lowest BCUT2D eigenvalue weighted by Gasteiger charge is -2.21. The highest BCUT2D eigenvalue weighted by Gasteiger charge is 2.16. The number of likely N-dealkylation sites (tertiary alicyclic amines) is 1. The van der Waals surface area contributed by atoms with Crippen molar-refractivity contribution in [2.24, 2.45) is 4.99 Å². The number of aryl methyl sites for hydroxylation is 1. The second-order valence-electron chi connectivity index (χ2n) is 6.72. The van der Waals surface area contributed by atoms with Crippen molar-refractivity contribution in [2.75, 3.05) is 33.3 Å². The maximum Gasteiger partial charge on any atom is 0.193 e. The van der Waals surface area contributed by atoms with Crippen LogP contribution in [0.5, 0.6) is 5.75 Å². The summed E-state index contributed by atoms with van der Waals surface area (Å²) in [7, 11) is 1.69. The summed E-state index contributed by atoms with van der Waals surface area (Å²) in [5.41, 5.74) is 1.28. The molecule has 2 aromatic rings. The smallest absolute Gasteiger partial charge is 0.193 e. The highest BCUT2D eigenvalue weighted by Crippen LogP contribution is 2.12. The SMILES string of the molecule is CCc1nncn1CCNC(=NCCc1ccc(OC)cc1)N1CCCC1.I. The molecule has 1 aliphatic rings. The molecule has 1 aromatic carbocycles. The van der Waals surface area contributed by atoms with E-state index < -0.39 is 0 Å². The second-order valence-corrected chi connectivity index (χ2v) is 6.72. The predicted molar refractivity (Wildman–Crippen MR) is 123 cm³/mol. The Labute approximate surface area is 184 Å². The average molecular weight is 498 g/mol. The Hall–Kier alpha value is -1.84. The number of hydrogen-bond acceptors (Lipinski definition) is 4. The fourth-order valence-corrected chi connectivity index (χ4v) is 3.31. The first kappa shape index (κ1) is 22.4. The van der Waals surface area contributed by atoms with Crippen LogP contribution in [0.15, 0.2) is 35.6 Å². The van der Waals surface area contributed by atoms with Gasteiger partial charge in [-0.2, -0.15) is 0 Å². The summed E-state index contributed by atoms with van der Waals surface area (Å²) in [5.74, 6) is 2.94. The zero-order valence-corrected chi connectivity index (χ0v) is 19.1. The Morgan fingerprint density at radius 2 is 1.96 bits per heavy atom. The summed E-state index contributed by atoms with van der Waals surface area (Å²) in [4.78, 5) is 7.23. The van der Waals surface area contributed by atoms with E-state index in [-0.39, 0.29) is 24.0 Å². The topological polar surface area (TPSA) is 67.6 Å². The lowest BCUT2D eigenvalue weighted by molar-refractivity contribution is 0.414. The maximum absolute atomic E-state index is 5.22. The number of ether oxygens (including phenoxy) is 1. The fraction of sp³-hybridized carbons (Fsp3) is 0.550. The Kier molecular flexibility index (Phi) is 9.52. The molecule has 3 rings (SSSR count). The molecule has 0 unspecified atom stereocenters. The lowest BCUT2D eigenvalue weighted by Crippen LogP contribution is -2.41. The molecule has 0 radical (unpaired) electrons. The average Bonchev–Trinajstić information content (AvgIpc) is 3.39. The van der Waals surface area contributed by atoms with E-state index in [0.717, 1.165) is 63.1 Å². The Morgan fingerprint density at radius 1 is 1.21 bits per heavy atom. The van der Waals surface area contributed by atoms with Gasteiger partial charge >= 0.3 is 0 Å². The van der Waals surface area contributed by atoms with Crippen molar-refractivity contribution in [3.05, 3.63) is 42.0 Å². The number of benzene rings is 1. The summed E-state index contributed by atoms with van der Waals surface area (Å²) in [6, 6.07) is 8.22. The van der Waals surface area contributed by atoms with Crippen LogP contribution in [0.3, 0.4) is 0 Å². The third kappa shape index (κ3) is 6.35. The molecular formula is C20H31IN6O. The minimum Gasteiger partial charge on any atom is -0.497 e. The van der Waals surface area contributed by atoms with E-state index >= 15 is 0 Å². The van der Waals surface area contributed by atoms with E-state index in [9.17, 15) is 0 Å². The van der Waals surface area contributed by atoms with Crippen molar-refractivity contribution in [1.82, 2.24) is 25.0 Å². The number of nitrogens with zero attached hydrogens (tertiary/aromatic N) is 5. The number of aromatic nitrogens is 3. The van der Waals surface area contributed by atoms with Crippen molar-refractivity contribution < 1.29 is 4.74 Å².